The number of rotatable bonds is 2. The van der Waals surface area contributed by atoms with Crippen molar-refractivity contribution in [1.29, 1.82) is 0 Å². The summed E-state index contributed by atoms with van der Waals surface area (Å²) in [5.41, 5.74) is 0.890. The van der Waals surface area contributed by atoms with E-state index in [1.54, 1.807) is 6.20 Å². The van der Waals surface area contributed by atoms with E-state index in [2.05, 4.69) is 27.6 Å². The predicted octanol–water partition coefficient (Wildman–Crippen LogP) is 4.28. The van der Waals surface area contributed by atoms with E-state index in [0.717, 1.165) is 25.2 Å². The third-order valence-corrected chi connectivity index (χ3v) is 3.65. The maximum Gasteiger partial charge on any atom is 0.120 e. The summed E-state index contributed by atoms with van der Waals surface area (Å²) in [6, 6.07) is 5.78. The van der Waals surface area contributed by atoms with Crippen molar-refractivity contribution in [2.75, 3.05) is 0 Å². The van der Waals surface area contributed by atoms with Gasteiger partial charge in [0.05, 0.1) is 20.2 Å². The zero-order valence-corrected chi connectivity index (χ0v) is 11.9. The highest BCUT2D eigenvalue weighted by molar-refractivity contribution is 14.1. The number of pyridine rings is 1. The average molecular weight is 348 g/mol. The summed E-state index contributed by atoms with van der Waals surface area (Å²) in [5.74, 6) is 0.827. The second-order valence-corrected chi connectivity index (χ2v) is 5.31. The monoisotopic (exact) mass is 347 g/mol. The van der Waals surface area contributed by atoms with Gasteiger partial charge in [-0.25, -0.2) is 0 Å². The lowest BCUT2D eigenvalue weighted by molar-refractivity contribution is 0.243. The maximum atomic E-state index is 6.23. The van der Waals surface area contributed by atoms with Crippen LogP contribution in [0.3, 0.4) is 0 Å². The van der Waals surface area contributed by atoms with Crippen LogP contribution in [0.15, 0.2) is 24.4 Å². The Kier molecular flexibility index (Phi) is 3.54. The summed E-state index contributed by atoms with van der Waals surface area (Å²) in [6.45, 7) is 4.00. The van der Waals surface area contributed by atoms with E-state index in [1.165, 1.54) is 0 Å². The molecule has 0 amide bonds. The molecule has 2 aromatic rings. The Morgan fingerprint density at radius 1 is 1.38 bits per heavy atom. The number of ether oxygens (including phenoxy) is 1. The molecule has 16 heavy (non-hydrogen) atoms. The van der Waals surface area contributed by atoms with Crippen LogP contribution in [0, 0.1) is 3.57 Å². The number of aromatic nitrogens is 1. The van der Waals surface area contributed by atoms with Crippen LogP contribution >= 0.6 is 34.2 Å². The molecule has 0 aliphatic carbocycles. The fourth-order valence-corrected chi connectivity index (χ4v) is 2.09. The van der Waals surface area contributed by atoms with Gasteiger partial charge in [-0.15, -0.1) is 0 Å². The number of benzene rings is 1. The molecule has 1 aromatic carbocycles. The number of hydrogen-bond acceptors (Lipinski definition) is 2. The van der Waals surface area contributed by atoms with Gasteiger partial charge < -0.3 is 4.74 Å². The maximum absolute atomic E-state index is 6.23. The first-order chi connectivity index (χ1) is 7.58. The number of nitrogens with zero attached hydrogens (tertiary/aromatic N) is 1. The van der Waals surface area contributed by atoms with Crippen molar-refractivity contribution < 1.29 is 4.74 Å². The molecule has 1 aromatic heterocycles. The molecule has 0 atom stereocenters. The molecule has 0 spiro atoms. The summed E-state index contributed by atoms with van der Waals surface area (Å²) in [6.07, 6.45) is 1.93. The van der Waals surface area contributed by atoms with Gasteiger partial charge in [-0.3, -0.25) is 4.98 Å². The highest BCUT2D eigenvalue weighted by Crippen LogP contribution is 2.29. The van der Waals surface area contributed by atoms with Gasteiger partial charge in [0.2, 0.25) is 0 Å². The lowest BCUT2D eigenvalue weighted by Crippen LogP contribution is -2.05. The van der Waals surface area contributed by atoms with E-state index in [1.807, 2.05) is 32.0 Å². The first-order valence-electron chi connectivity index (χ1n) is 4.98. The fourth-order valence-electron chi connectivity index (χ4n) is 1.46. The second-order valence-electron chi connectivity index (χ2n) is 3.77. The molecule has 0 saturated carbocycles. The van der Waals surface area contributed by atoms with Gasteiger partial charge in [0.1, 0.15) is 5.75 Å². The van der Waals surface area contributed by atoms with Crippen LogP contribution < -0.4 is 4.74 Å². The molecule has 0 radical (unpaired) electrons. The lowest BCUT2D eigenvalue weighted by Gasteiger charge is -2.10. The number of hydrogen-bond donors (Lipinski definition) is 0. The van der Waals surface area contributed by atoms with Gasteiger partial charge in [-0.05, 0) is 54.6 Å². The van der Waals surface area contributed by atoms with E-state index in [9.17, 15) is 0 Å². The van der Waals surface area contributed by atoms with Crippen molar-refractivity contribution in [3.8, 4) is 5.75 Å². The van der Waals surface area contributed by atoms with Crippen molar-refractivity contribution in [2.24, 2.45) is 0 Å². The first kappa shape index (κ1) is 11.9. The third kappa shape index (κ3) is 2.40. The smallest absolute Gasteiger partial charge is 0.120 e. The molecule has 1 heterocycles. The van der Waals surface area contributed by atoms with Gasteiger partial charge >= 0.3 is 0 Å². The molecule has 0 aliphatic heterocycles. The normalized spacial score (nSPS) is 11.1. The molecule has 2 rings (SSSR count). The molecule has 2 nitrogen and oxygen atoms in total. The van der Waals surface area contributed by atoms with Gasteiger partial charge in [0, 0.05) is 11.6 Å². The number of halogens is 2. The van der Waals surface area contributed by atoms with E-state index in [4.69, 9.17) is 16.3 Å². The van der Waals surface area contributed by atoms with Crippen LogP contribution in [-0.4, -0.2) is 11.1 Å². The van der Waals surface area contributed by atoms with E-state index < -0.39 is 0 Å². The summed E-state index contributed by atoms with van der Waals surface area (Å²) in [4.78, 5) is 4.31. The first-order valence-corrected chi connectivity index (χ1v) is 6.44. The molecular formula is C12H11ClINO. The Morgan fingerprint density at radius 3 is 2.81 bits per heavy atom. The molecule has 0 saturated heterocycles. The Bertz CT molecular complexity index is 528. The lowest BCUT2D eigenvalue weighted by atomic mass is 10.2. The third-order valence-electron chi connectivity index (χ3n) is 2.10. The highest BCUT2D eigenvalue weighted by Gasteiger charge is 2.06. The zero-order valence-electron chi connectivity index (χ0n) is 9.00. The van der Waals surface area contributed by atoms with Gasteiger partial charge in [-0.1, -0.05) is 11.6 Å². The standard InChI is InChI=1S/C12H11ClINO/c1-7(2)16-8-3-4-11-9(5-8)12(13)10(14)6-15-11/h3-7H,1-2H3. The van der Waals surface area contributed by atoms with Crippen LogP contribution in [0.25, 0.3) is 10.9 Å². The van der Waals surface area contributed by atoms with Crippen LogP contribution in [0.2, 0.25) is 5.02 Å². The second kappa shape index (κ2) is 4.75. The minimum absolute atomic E-state index is 0.159. The molecule has 0 fully saturated rings. The largest absolute Gasteiger partial charge is 0.491 e. The van der Waals surface area contributed by atoms with Gasteiger partial charge in [0.15, 0.2) is 0 Å². The topological polar surface area (TPSA) is 22.1 Å². The SMILES string of the molecule is CC(C)Oc1ccc2ncc(I)c(Cl)c2c1. The number of fused-ring (bicyclic) bond motifs is 1. The van der Waals surface area contributed by atoms with E-state index >= 15 is 0 Å². The van der Waals surface area contributed by atoms with Crippen molar-refractivity contribution in [3.05, 3.63) is 33.0 Å². The van der Waals surface area contributed by atoms with Crippen LogP contribution in [0.1, 0.15) is 13.8 Å². The summed E-state index contributed by atoms with van der Waals surface area (Å²) < 4.78 is 6.58. The van der Waals surface area contributed by atoms with Gasteiger partial charge in [0.25, 0.3) is 0 Å². The van der Waals surface area contributed by atoms with Crippen LogP contribution in [0.4, 0.5) is 0 Å². The minimum Gasteiger partial charge on any atom is -0.491 e. The summed E-state index contributed by atoms with van der Waals surface area (Å²) in [7, 11) is 0. The molecule has 0 N–H and O–H groups in total. The summed E-state index contributed by atoms with van der Waals surface area (Å²) >= 11 is 8.41. The highest BCUT2D eigenvalue weighted by atomic mass is 127. The van der Waals surface area contributed by atoms with Crippen molar-refractivity contribution in [3.63, 3.8) is 0 Å². The minimum atomic E-state index is 0.159. The van der Waals surface area contributed by atoms with Crippen molar-refractivity contribution in [2.45, 2.75) is 20.0 Å². The zero-order chi connectivity index (χ0) is 11.7. The van der Waals surface area contributed by atoms with Gasteiger partial charge in [-0.2, -0.15) is 0 Å². The average Bonchev–Trinajstić information content (AvgIpc) is 2.23. The Labute approximate surface area is 113 Å². The molecular weight excluding hydrogens is 336 g/mol. The van der Waals surface area contributed by atoms with Crippen LogP contribution in [0.5, 0.6) is 5.75 Å². The molecule has 84 valence electrons. The molecule has 0 bridgehead atoms. The Morgan fingerprint density at radius 2 is 2.12 bits per heavy atom. The Hall–Kier alpha value is -0.550. The van der Waals surface area contributed by atoms with E-state index in [-0.39, 0.29) is 6.10 Å². The van der Waals surface area contributed by atoms with E-state index in [0.29, 0.717) is 0 Å². The van der Waals surface area contributed by atoms with Crippen molar-refractivity contribution >= 4 is 45.1 Å². The summed E-state index contributed by atoms with van der Waals surface area (Å²) in [5, 5.41) is 1.67. The van der Waals surface area contributed by atoms with Crippen molar-refractivity contribution in [1.82, 2.24) is 4.98 Å². The quantitative estimate of drug-likeness (QED) is 0.757. The van der Waals surface area contributed by atoms with Crippen LogP contribution in [-0.2, 0) is 0 Å². The molecule has 0 aliphatic rings. The Balaban J connectivity index is 2.55. The molecule has 4 heteroatoms. The fraction of sp³-hybridized carbons (Fsp3) is 0.250. The molecule has 0 unspecified atom stereocenters. The predicted molar refractivity (Wildman–Crippen MR) is 75.2 cm³/mol.